The SMILES string of the molecule is COC(=O)c1cc(C(C)C)ncc1F. The molecule has 76 valence electrons. The number of rotatable bonds is 2. The second kappa shape index (κ2) is 4.17. The molecule has 0 saturated carbocycles. The fraction of sp³-hybridized carbons (Fsp3) is 0.400. The van der Waals surface area contributed by atoms with E-state index in [1.165, 1.54) is 13.2 Å². The van der Waals surface area contributed by atoms with E-state index >= 15 is 0 Å². The third-order valence-corrected chi connectivity index (χ3v) is 1.87. The molecule has 1 rings (SSSR count). The lowest BCUT2D eigenvalue weighted by molar-refractivity contribution is 0.0595. The van der Waals surface area contributed by atoms with E-state index in [1.54, 1.807) is 0 Å². The van der Waals surface area contributed by atoms with E-state index in [-0.39, 0.29) is 11.5 Å². The molecule has 0 aliphatic carbocycles. The van der Waals surface area contributed by atoms with Crippen LogP contribution >= 0.6 is 0 Å². The standard InChI is InChI=1S/C10H12FNO2/c1-6(2)9-4-7(10(13)14-3)8(11)5-12-9/h4-6H,1-3H3. The Morgan fingerprint density at radius 3 is 2.71 bits per heavy atom. The second-order valence-corrected chi connectivity index (χ2v) is 3.24. The Morgan fingerprint density at radius 1 is 1.57 bits per heavy atom. The van der Waals surface area contributed by atoms with Crippen LogP contribution in [0.25, 0.3) is 0 Å². The lowest BCUT2D eigenvalue weighted by atomic mass is 10.1. The maximum Gasteiger partial charge on any atom is 0.340 e. The molecular formula is C10H12FNO2. The van der Waals surface area contributed by atoms with Gasteiger partial charge >= 0.3 is 5.97 Å². The normalized spacial score (nSPS) is 10.4. The Kier molecular flexibility index (Phi) is 3.17. The summed E-state index contributed by atoms with van der Waals surface area (Å²) in [6.07, 6.45) is 1.04. The van der Waals surface area contributed by atoms with Gasteiger partial charge in [-0.05, 0) is 12.0 Å². The van der Waals surface area contributed by atoms with Gasteiger partial charge in [-0.3, -0.25) is 4.98 Å². The molecule has 0 fully saturated rings. The molecular weight excluding hydrogens is 185 g/mol. The van der Waals surface area contributed by atoms with Gasteiger partial charge in [-0.1, -0.05) is 13.8 Å². The van der Waals surface area contributed by atoms with E-state index in [0.717, 1.165) is 6.20 Å². The van der Waals surface area contributed by atoms with Crippen LogP contribution in [0.1, 0.15) is 35.8 Å². The van der Waals surface area contributed by atoms with Crippen LogP contribution in [0, 0.1) is 5.82 Å². The number of halogens is 1. The fourth-order valence-electron chi connectivity index (χ4n) is 1.04. The monoisotopic (exact) mass is 197 g/mol. The van der Waals surface area contributed by atoms with Gasteiger partial charge in [-0.15, -0.1) is 0 Å². The average Bonchev–Trinajstić information content (AvgIpc) is 2.17. The quantitative estimate of drug-likeness (QED) is 0.682. The largest absolute Gasteiger partial charge is 0.465 e. The van der Waals surface area contributed by atoms with Gasteiger partial charge in [0.15, 0.2) is 5.82 Å². The van der Waals surface area contributed by atoms with Gasteiger partial charge < -0.3 is 4.74 Å². The molecule has 0 amide bonds. The highest BCUT2D eigenvalue weighted by Crippen LogP contribution is 2.15. The van der Waals surface area contributed by atoms with Crippen LogP contribution in [-0.2, 0) is 4.74 Å². The molecule has 0 unspecified atom stereocenters. The number of methoxy groups -OCH3 is 1. The average molecular weight is 197 g/mol. The van der Waals surface area contributed by atoms with E-state index in [2.05, 4.69) is 9.72 Å². The lowest BCUT2D eigenvalue weighted by Crippen LogP contribution is -2.07. The molecule has 0 bridgehead atoms. The number of esters is 1. The molecule has 1 aromatic heterocycles. The predicted octanol–water partition coefficient (Wildman–Crippen LogP) is 2.13. The van der Waals surface area contributed by atoms with E-state index in [1.807, 2.05) is 13.8 Å². The third kappa shape index (κ3) is 2.07. The fourth-order valence-corrected chi connectivity index (χ4v) is 1.04. The van der Waals surface area contributed by atoms with Gasteiger partial charge in [0.2, 0.25) is 0 Å². The summed E-state index contributed by atoms with van der Waals surface area (Å²) in [5, 5.41) is 0. The molecule has 0 saturated heterocycles. The van der Waals surface area contributed by atoms with Crippen molar-refractivity contribution >= 4 is 5.97 Å². The summed E-state index contributed by atoms with van der Waals surface area (Å²) in [4.78, 5) is 15.0. The highest BCUT2D eigenvalue weighted by atomic mass is 19.1. The molecule has 0 radical (unpaired) electrons. The van der Waals surface area contributed by atoms with Crippen LogP contribution < -0.4 is 0 Å². The van der Waals surface area contributed by atoms with Crippen molar-refractivity contribution in [1.29, 1.82) is 0 Å². The summed E-state index contributed by atoms with van der Waals surface area (Å²) in [6, 6.07) is 1.42. The van der Waals surface area contributed by atoms with Gasteiger partial charge in [-0.25, -0.2) is 9.18 Å². The maximum atomic E-state index is 13.1. The van der Waals surface area contributed by atoms with Gasteiger partial charge in [0.05, 0.1) is 18.9 Å². The first kappa shape index (κ1) is 10.6. The van der Waals surface area contributed by atoms with Gasteiger partial charge in [0.1, 0.15) is 0 Å². The number of hydrogen-bond acceptors (Lipinski definition) is 3. The van der Waals surface area contributed by atoms with Gasteiger partial charge in [0, 0.05) is 5.69 Å². The van der Waals surface area contributed by atoms with Crippen molar-refractivity contribution < 1.29 is 13.9 Å². The summed E-state index contributed by atoms with van der Waals surface area (Å²) >= 11 is 0. The Morgan fingerprint density at radius 2 is 2.21 bits per heavy atom. The van der Waals surface area contributed by atoms with Crippen LogP contribution in [0.5, 0.6) is 0 Å². The van der Waals surface area contributed by atoms with Crippen LogP contribution in [0.15, 0.2) is 12.3 Å². The first-order valence-corrected chi connectivity index (χ1v) is 4.30. The minimum absolute atomic E-state index is 0.0637. The Balaban J connectivity index is 3.15. The third-order valence-electron chi connectivity index (χ3n) is 1.87. The molecule has 0 aliphatic rings. The Bertz CT molecular complexity index is 350. The van der Waals surface area contributed by atoms with Crippen molar-refractivity contribution in [3.05, 3.63) is 29.3 Å². The van der Waals surface area contributed by atoms with Gasteiger partial charge in [0.25, 0.3) is 0 Å². The minimum atomic E-state index is -0.674. The Hall–Kier alpha value is -1.45. The van der Waals surface area contributed by atoms with E-state index in [0.29, 0.717) is 5.69 Å². The van der Waals surface area contributed by atoms with E-state index in [9.17, 15) is 9.18 Å². The molecule has 0 N–H and O–H groups in total. The molecule has 1 heterocycles. The summed E-state index contributed by atoms with van der Waals surface area (Å²) in [5.41, 5.74) is 0.609. The van der Waals surface area contributed by atoms with E-state index in [4.69, 9.17) is 0 Å². The smallest absolute Gasteiger partial charge is 0.340 e. The summed E-state index contributed by atoms with van der Waals surface area (Å²) in [5.74, 6) is -1.17. The molecule has 3 nitrogen and oxygen atoms in total. The van der Waals surface area contributed by atoms with Gasteiger partial charge in [-0.2, -0.15) is 0 Å². The first-order valence-electron chi connectivity index (χ1n) is 4.30. The zero-order valence-electron chi connectivity index (χ0n) is 8.37. The number of ether oxygens (including phenoxy) is 1. The number of carbonyl (C=O) groups excluding carboxylic acids is 1. The molecule has 0 atom stereocenters. The first-order chi connectivity index (χ1) is 6.56. The molecule has 0 aliphatic heterocycles. The topological polar surface area (TPSA) is 39.2 Å². The number of pyridine rings is 1. The zero-order valence-corrected chi connectivity index (χ0v) is 8.37. The molecule has 4 heteroatoms. The van der Waals surface area contributed by atoms with Crippen molar-refractivity contribution in [2.75, 3.05) is 7.11 Å². The lowest BCUT2D eigenvalue weighted by Gasteiger charge is -2.06. The van der Waals surface area contributed by atoms with Crippen LogP contribution in [0.4, 0.5) is 4.39 Å². The molecule has 14 heavy (non-hydrogen) atoms. The van der Waals surface area contributed by atoms with Crippen molar-refractivity contribution in [2.24, 2.45) is 0 Å². The van der Waals surface area contributed by atoms with Crippen molar-refractivity contribution in [3.8, 4) is 0 Å². The highest BCUT2D eigenvalue weighted by molar-refractivity contribution is 5.89. The van der Waals surface area contributed by atoms with Crippen molar-refractivity contribution in [3.63, 3.8) is 0 Å². The zero-order chi connectivity index (χ0) is 10.7. The summed E-state index contributed by atoms with van der Waals surface area (Å²) < 4.78 is 17.6. The Labute approximate surface area is 81.9 Å². The van der Waals surface area contributed by atoms with E-state index < -0.39 is 11.8 Å². The number of aromatic nitrogens is 1. The number of hydrogen-bond donors (Lipinski definition) is 0. The summed E-state index contributed by atoms with van der Waals surface area (Å²) in [7, 11) is 1.22. The van der Waals surface area contributed by atoms with Crippen LogP contribution in [0.2, 0.25) is 0 Å². The number of carbonyl (C=O) groups is 1. The molecule has 1 aromatic rings. The predicted molar refractivity (Wildman–Crippen MR) is 49.6 cm³/mol. The van der Waals surface area contributed by atoms with Crippen molar-refractivity contribution in [2.45, 2.75) is 19.8 Å². The minimum Gasteiger partial charge on any atom is -0.465 e. The highest BCUT2D eigenvalue weighted by Gasteiger charge is 2.14. The van der Waals surface area contributed by atoms with Crippen molar-refractivity contribution in [1.82, 2.24) is 4.98 Å². The van der Waals surface area contributed by atoms with Crippen LogP contribution in [-0.4, -0.2) is 18.1 Å². The maximum absolute atomic E-state index is 13.1. The molecule has 0 aromatic carbocycles. The summed E-state index contributed by atoms with van der Waals surface area (Å²) in [6.45, 7) is 3.84. The van der Waals surface area contributed by atoms with Crippen LogP contribution in [0.3, 0.4) is 0 Å². The molecule has 0 spiro atoms. The number of nitrogens with zero attached hydrogens (tertiary/aromatic N) is 1. The second-order valence-electron chi connectivity index (χ2n) is 3.24.